The maximum absolute atomic E-state index is 13.2. The van der Waals surface area contributed by atoms with Gasteiger partial charge in [0.15, 0.2) is 0 Å². The van der Waals surface area contributed by atoms with E-state index in [-0.39, 0.29) is 18.3 Å². The van der Waals surface area contributed by atoms with E-state index >= 15 is 0 Å². The van der Waals surface area contributed by atoms with Crippen LogP contribution in [-0.4, -0.2) is 17.5 Å². The van der Waals surface area contributed by atoms with Gasteiger partial charge in [0, 0.05) is 37.2 Å². The molecule has 1 aromatic rings. The first-order valence-electron chi connectivity index (χ1n) is 5.98. The predicted molar refractivity (Wildman–Crippen MR) is 63.1 cm³/mol. The molecule has 0 aliphatic heterocycles. The van der Waals surface area contributed by atoms with Crippen LogP contribution in [0, 0.1) is 6.92 Å². The second-order valence-electron chi connectivity index (χ2n) is 5.03. The minimum atomic E-state index is -2.52. The van der Waals surface area contributed by atoms with E-state index in [4.69, 9.17) is 5.73 Å². The van der Waals surface area contributed by atoms with Gasteiger partial charge in [-0.1, -0.05) is 0 Å². The highest BCUT2D eigenvalue weighted by Crippen LogP contribution is 2.45. The second-order valence-corrected chi connectivity index (χ2v) is 5.03. The Morgan fingerprint density at radius 3 is 2.47 bits per heavy atom. The van der Waals surface area contributed by atoms with Crippen molar-refractivity contribution in [1.82, 2.24) is 4.98 Å². The lowest BCUT2D eigenvalue weighted by atomic mass is 9.68. The smallest absolute Gasteiger partial charge is 0.248 e. The topological polar surface area (TPSA) is 38.9 Å². The number of nitrogens with two attached hydrogens (primary N) is 1. The molecule has 0 aromatic carbocycles. The van der Waals surface area contributed by atoms with Gasteiger partial charge in [-0.3, -0.25) is 4.98 Å². The van der Waals surface area contributed by atoms with Crippen LogP contribution in [0.4, 0.5) is 8.78 Å². The molecule has 0 unspecified atom stereocenters. The predicted octanol–water partition coefficient (Wildman–Crippen LogP) is 2.80. The maximum atomic E-state index is 13.2. The van der Waals surface area contributed by atoms with Gasteiger partial charge in [-0.25, -0.2) is 8.78 Å². The normalized spacial score (nSPS) is 22.4. The highest BCUT2D eigenvalue weighted by atomic mass is 19.3. The molecule has 4 heteroatoms. The zero-order valence-electron chi connectivity index (χ0n) is 10.0. The molecular weight excluding hydrogens is 222 g/mol. The Balaban J connectivity index is 2.31. The van der Waals surface area contributed by atoms with Gasteiger partial charge in [0.2, 0.25) is 5.92 Å². The maximum Gasteiger partial charge on any atom is 0.248 e. The van der Waals surface area contributed by atoms with Crippen molar-refractivity contribution in [3.8, 4) is 0 Å². The van der Waals surface area contributed by atoms with E-state index in [2.05, 4.69) is 4.98 Å². The van der Waals surface area contributed by atoms with Gasteiger partial charge in [0.1, 0.15) is 0 Å². The van der Waals surface area contributed by atoms with Crippen molar-refractivity contribution in [2.45, 2.75) is 43.9 Å². The highest BCUT2D eigenvalue weighted by Gasteiger charge is 2.44. The van der Waals surface area contributed by atoms with Crippen LogP contribution in [0.25, 0.3) is 0 Å². The van der Waals surface area contributed by atoms with Crippen molar-refractivity contribution in [2.24, 2.45) is 5.73 Å². The summed E-state index contributed by atoms with van der Waals surface area (Å²) in [6.45, 7) is 2.40. The summed E-state index contributed by atoms with van der Waals surface area (Å²) in [5.41, 5.74) is 7.68. The van der Waals surface area contributed by atoms with E-state index in [9.17, 15) is 8.78 Å². The summed E-state index contributed by atoms with van der Waals surface area (Å²) in [5.74, 6) is -2.52. The van der Waals surface area contributed by atoms with Gasteiger partial charge in [-0.2, -0.15) is 0 Å². The fourth-order valence-electron chi connectivity index (χ4n) is 2.70. The van der Waals surface area contributed by atoms with Crippen LogP contribution in [0.15, 0.2) is 18.5 Å². The molecule has 1 aliphatic carbocycles. The van der Waals surface area contributed by atoms with Crippen LogP contribution in [-0.2, 0) is 5.41 Å². The second kappa shape index (κ2) is 4.33. The number of pyridine rings is 1. The molecule has 1 aliphatic rings. The monoisotopic (exact) mass is 240 g/mol. The molecule has 0 atom stereocenters. The van der Waals surface area contributed by atoms with Crippen LogP contribution in [0.3, 0.4) is 0 Å². The zero-order chi connectivity index (χ0) is 12.5. The Hall–Kier alpha value is -1.03. The molecule has 94 valence electrons. The quantitative estimate of drug-likeness (QED) is 0.863. The van der Waals surface area contributed by atoms with Gasteiger partial charge in [-0.15, -0.1) is 0 Å². The first-order chi connectivity index (χ1) is 7.99. The molecule has 2 nitrogen and oxygen atoms in total. The largest absolute Gasteiger partial charge is 0.330 e. The number of aromatic nitrogens is 1. The van der Waals surface area contributed by atoms with E-state index in [1.807, 2.05) is 13.0 Å². The Morgan fingerprint density at radius 1 is 1.29 bits per heavy atom. The summed E-state index contributed by atoms with van der Waals surface area (Å²) >= 11 is 0. The number of alkyl halides is 2. The Kier molecular flexibility index (Phi) is 3.17. The summed E-state index contributed by atoms with van der Waals surface area (Å²) in [6.07, 6.45) is 4.26. The van der Waals surface area contributed by atoms with Crippen LogP contribution in [0.1, 0.15) is 36.8 Å². The number of nitrogens with zero attached hydrogens (tertiary/aromatic N) is 1. The fraction of sp³-hybridized carbons (Fsp3) is 0.615. The SMILES string of the molecule is Cc1ccncc1C1(CN)CCC(F)(F)CC1. The summed E-state index contributed by atoms with van der Waals surface area (Å²) in [6, 6.07) is 1.92. The molecular formula is C13H18F2N2. The number of hydrogen-bond donors (Lipinski definition) is 1. The van der Waals surface area contributed by atoms with Crippen LogP contribution in [0.2, 0.25) is 0 Å². The van der Waals surface area contributed by atoms with Gasteiger partial charge < -0.3 is 5.73 Å². The van der Waals surface area contributed by atoms with E-state index in [0.29, 0.717) is 19.4 Å². The number of aryl methyl sites for hydroxylation is 1. The highest BCUT2D eigenvalue weighted by molar-refractivity contribution is 5.31. The third-order valence-corrected chi connectivity index (χ3v) is 3.94. The van der Waals surface area contributed by atoms with Gasteiger partial charge in [0.25, 0.3) is 0 Å². The van der Waals surface area contributed by atoms with Gasteiger partial charge in [-0.05, 0) is 37.0 Å². The molecule has 2 N–H and O–H groups in total. The average molecular weight is 240 g/mol. The molecule has 17 heavy (non-hydrogen) atoms. The average Bonchev–Trinajstić information content (AvgIpc) is 2.31. The van der Waals surface area contributed by atoms with Crippen molar-refractivity contribution < 1.29 is 8.78 Å². The molecule has 1 aromatic heterocycles. The Morgan fingerprint density at radius 2 is 1.94 bits per heavy atom. The number of rotatable bonds is 2. The van der Waals surface area contributed by atoms with Crippen molar-refractivity contribution >= 4 is 0 Å². The lowest BCUT2D eigenvalue weighted by Crippen LogP contribution is -2.42. The number of hydrogen-bond acceptors (Lipinski definition) is 2. The van der Waals surface area contributed by atoms with Crippen molar-refractivity contribution in [3.63, 3.8) is 0 Å². The Labute approximate surface area is 100 Å². The summed E-state index contributed by atoms with van der Waals surface area (Å²) < 4.78 is 26.5. The number of halogens is 2. The molecule has 0 spiro atoms. The third-order valence-electron chi connectivity index (χ3n) is 3.94. The summed E-state index contributed by atoms with van der Waals surface area (Å²) in [5, 5.41) is 0. The molecule has 1 fully saturated rings. The molecule has 0 bridgehead atoms. The molecule has 0 saturated heterocycles. The lowest BCUT2D eigenvalue weighted by molar-refractivity contribution is -0.0510. The van der Waals surface area contributed by atoms with Crippen LogP contribution in [0.5, 0.6) is 0 Å². The molecule has 2 rings (SSSR count). The summed E-state index contributed by atoms with van der Waals surface area (Å²) in [7, 11) is 0. The van der Waals surface area contributed by atoms with Crippen LogP contribution < -0.4 is 5.73 Å². The van der Waals surface area contributed by atoms with E-state index in [0.717, 1.165) is 11.1 Å². The minimum Gasteiger partial charge on any atom is -0.330 e. The fourth-order valence-corrected chi connectivity index (χ4v) is 2.70. The van der Waals surface area contributed by atoms with Crippen molar-refractivity contribution in [3.05, 3.63) is 29.6 Å². The molecule has 1 saturated carbocycles. The molecule has 0 radical (unpaired) electrons. The van der Waals surface area contributed by atoms with E-state index in [1.54, 1.807) is 12.4 Å². The van der Waals surface area contributed by atoms with Crippen molar-refractivity contribution in [2.75, 3.05) is 6.54 Å². The summed E-state index contributed by atoms with van der Waals surface area (Å²) in [4.78, 5) is 4.11. The van der Waals surface area contributed by atoms with E-state index in [1.165, 1.54) is 0 Å². The van der Waals surface area contributed by atoms with Gasteiger partial charge >= 0.3 is 0 Å². The van der Waals surface area contributed by atoms with E-state index < -0.39 is 5.92 Å². The standard InChI is InChI=1S/C13H18F2N2/c1-10-2-7-17-8-11(10)12(9-16)3-5-13(14,15)6-4-12/h2,7-8H,3-6,9,16H2,1H3. The Bertz CT molecular complexity index is 394. The van der Waals surface area contributed by atoms with Crippen LogP contribution >= 0.6 is 0 Å². The zero-order valence-corrected chi connectivity index (χ0v) is 10.0. The minimum absolute atomic E-state index is 0.0709. The van der Waals surface area contributed by atoms with Gasteiger partial charge in [0.05, 0.1) is 0 Å². The molecule has 0 amide bonds. The first-order valence-corrected chi connectivity index (χ1v) is 5.98. The molecule has 1 heterocycles. The third kappa shape index (κ3) is 2.32. The first kappa shape index (κ1) is 12.4. The lowest BCUT2D eigenvalue weighted by Gasteiger charge is -2.40. The van der Waals surface area contributed by atoms with Crippen molar-refractivity contribution in [1.29, 1.82) is 0 Å².